The van der Waals surface area contributed by atoms with Gasteiger partial charge < -0.3 is 5.32 Å². The molecule has 4 atom stereocenters. The Bertz CT molecular complexity index is 1320. The Kier molecular flexibility index (Phi) is 4.95. The third-order valence-electron chi connectivity index (χ3n) is 7.05. The van der Waals surface area contributed by atoms with E-state index >= 15 is 0 Å². The van der Waals surface area contributed by atoms with Gasteiger partial charge in [-0.3, -0.25) is 14.5 Å². The molecule has 1 aromatic heterocycles. The molecule has 7 nitrogen and oxygen atoms in total. The van der Waals surface area contributed by atoms with Crippen LogP contribution in [-0.4, -0.2) is 49.7 Å². The molecule has 0 aliphatic carbocycles. The van der Waals surface area contributed by atoms with Gasteiger partial charge in [-0.15, -0.1) is 11.8 Å². The Labute approximate surface area is 207 Å². The highest BCUT2D eigenvalue weighted by atomic mass is 79.9. The Morgan fingerprint density at radius 1 is 1.27 bits per heavy atom. The summed E-state index contributed by atoms with van der Waals surface area (Å²) in [6.07, 6.45) is 0. The smallest absolute Gasteiger partial charge is 0.250 e. The van der Waals surface area contributed by atoms with E-state index in [0.29, 0.717) is 22.3 Å². The van der Waals surface area contributed by atoms with Crippen molar-refractivity contribution >= 4 is 56.7 Å². The number of Topliss-reactive ketones (excluding diaryl/α,β-unsaturated/α-hetero) is 1. The number of carbonyl (C=O) groups excluding carboxylic acids is 2. The van der Waals surface area contributed by atoms with E-state index < -0.39 is 11.5 Å². The minimum Gasteiger partial charge on any atom is -0.324 e. The maximum absolute atomic E-state index is 14.2. The fourth-order valence-corrected chi connectivity index (χ4v) is 7.73. The zero-order chi connectivity index (χ0) is 22.9. The van der Waals surface area contributed by atoms with E-state index in [4.69, 9.17) is 11.6 Å². The minimum atomic E-state index is -1.15. The molecule has 2 saturated heterocycles. The molecule has 2 N–H and O–H groups in total. The summed E-state index contributed by atoms with van der Waals surface area (Å²) in [5.41, 5.74) is 2.13. The summed E-state index contributed by atoms with van der Waals surface area (Å²) in [6.45, 7) is 1.76. The van der Waals surface area contributed by atoms with Gasteiger partial charge in [0.05, 0.1) is 11.6 Å². The number of aromatic nitrogens is 3. The maximum Gasteiger partial charge on any atom is 0.250 e. The summed E-state index contributed by atoms with van der Waals surface area (Å²) in [5.74, 6) is 0.244. The number of hydrogen-bond donors (Lipinski definition) is 2. The molecule has 1 spiro atoms. The van der Waals surface area contributed by atoms with Crippen LogP contribution in [0.15, 0.2) is 46.9 Å². The number of nitrogens with one attached hydrogen (secondary N) is 2. The van der Waals surface area contributed by atoms with Crippen molar-refractivity contribution in [1.29, 1.82) is 0 Å². The number of fused-ring (bicyclic) bond motifs is 4. The molecule has 2 fully saturated rings. The number of halogens is 2. The molecule has 3 aromatic rings. The van der Waals surface area contributed by atoms with Gasteiger partial charge in [0, 0.05) is 44.3 Å². The van der Waals surface area contributed by atoms with Gasteiger partial charge in [0.25, 0.3) is 0 Å². The summed E-state index contributed by atoms with van der Waals surface area (Å²) >= 11 is 11.6. The van der Waals surface area contributed by atoms with Crippen molar-refractivity contribution in [3.05, 3.63) is 74.5 Å². The van der Waals surface area contributed by atoms with Gasteiger partial charge in [-0.2, -0.15) is 15.4 Å². The first-order chi connectivity index (χ1) is 15.9. The van der Waals surface area contributed by atoms with Crippen LogP contribution in [0.1, 0.15) is 33.2 Å². The fraction of sp³-hybridized carbons (Fsp3) is 0.304. The number of aryl methyl sites for hydroxylation is 1. The van der Waals surface area contributed by atoms with E-state index in [-0.39, 0.29) is 29.3 Å². The second kappa shape index (κ2) is 7.66. The van der Waals surface area contributed by atoms with Gasteiger partial charge in [-0.25, -0.2) is 0 Å². The summed E-state index contributed by atoms with van der Waals surface area (Å²) in [6, 6.07) is 13.5. The van der Waals surface area contributed by atoms with Crippen LogP contribution in [-0.2, 0) is 10.3 Å². The number of H-pyrrole nitrogens is 1. The molecule has 168 valence electrons. The summed E-state index contributed by atoms with van der Waals surface area (Å²) in [5, 5.41) is 14.4. The molecular weight excluding hydrogens is 526 g/mol. The Hall–Kier alpha value is -2.20. The van der Waals surface area contributed by atoms with Crippen molar-refractivity contribution in [2.75, 3.05) is 16.9 Å². The normalized spacial score (nSPS) is 28.2. The molecule has 10 heteroatoms. The van der Waals surface area contributed by atoms with E-state index in [9.17, 15) is 9.59 Å². The van der Waals surface area contributed by atoms with Crippen molar-refractivity contribution < 1.29 is 9.59 Å². The number of aromatic amines is 1. The standard InChI is InChI=1S/C23H19BrClN5O2S/c1-11-20(28-29-27-11)21(31)19-18(12-3-2-4-13(24)7-12)17-9-33-10-30(17)23(19)15-6-5-14(25)8-16(15)26-22(23)32/h2-8,17-19H,9-10H2,1H3,(H,26,32)(H,27,28,29)/t17?,18-,19-,23+/m1/s1. The second-order valence-electron chi connectivity index (χ2n) is 8.63. The molecule has 0 radical (unpaired) electrons. The number of thioether (sulfide) groups is 1. The lowest BCUT2D eigenvalue weighted by atomic mass is 9.70. The number of nitrogens with zero attached hydrogens (tertiary/aromatic N) is 3. The lowest BCUT2D eigenvalue weighted by Gasteiger charge is -2.36. The molecule has 2 aromatic carbocycles. The minimum absolute atomic E-state index is 0.0119. The highest BCUT2D eigenvalue weighted by Gasteiger charge is 2.69. The Morgan fingerprint density at radius 3 is 2.88 bits per heavy atom. The van der Waals surface area contributed by atoms with Crippen LogP contribution in [0.2, 0.25) is 5.02 Å². The number of carbonyl (C=O) groups is 2. The number of benzene rings is 2. The second-order valence-corrected chi connectivity index (χ2v) is 11.0. The van der Waals surface area contributed by atoms with Crippen LogP contribution in [0.5, 0.6) is 0 Å². The van der Waals surface area contributed by atoms with Gasteiger partial charge in [0.2, 0.25) is 5.91 Å². The topological polar surface area (TPSA) is 91.0 Å². The van der Waals surface area contributed by atoms with Crippen LogP contribution < -0.4 is 5.32 Å². The van der Waals surface area contributed by atoms with Crippen molar-refractivity contribution in [2.24, 2.45) is 5.92 Å². The highest BCUT2D eigenvalue weighted by Crippen LogP contribution is 2.61. The molecule has 33 heavy (non-hydrogen) atoms. The molecule has 0 bridgehead atoms. The summed E-state index contributed by atoms with van der Waals surface area (Å²) in [7, 11) is 0. The van der Waals surface area contributed by atoms with Crippen LogP contribution >= 0.6 is 39.3 Å². The van der Waals surface area contributed by atoms with Gasteiger partial charge >= 0.3 is 0 Å². The molecule has 6 rings (SSSR count). The van der Waals surface area contributed by atoms with Crippen LogP contribution in [0.4, 0.5) is 5.69 Å². The van der Waals surface area contributed by atoms with E-state index in [1.165, 1.54) is 0 Å². The molecule has 3 aliphatic heterocycles. The van der Waals surface area contributed by atoms with Crippen molar-refractivity contribution in [1.82, 2.24) is 20.3 Å². The van der Waals surface area contributed by atoms with Crippen molar-refractivity contribution in [3.8, 4) is 0 Å². The van der Waals surface area contributed by atoms with Crippen LogP contribution in [0.3, 0.4) is 0 Å². The van der Waals surface area contributed by atoms with E-state index in [0.717, 1.165) is 21.4 Å². The van der Waals surface area contributed by atoms with E-state index in [1.807, 2.05) is 24.3 Å². The molecular formula is C23H19BrClN5O2S. The van der Waals surface area contributed by atoms with Crippen LogP contribution in [0, 0.1) is 12.8 Å². The number of anilines is 1. The number of hydrogen-bond acceptors (Lipinski definition) is 6. The zero-order valence-corrected chi connectivity index (χ0v) is 20.7. The van der Waals surface area contributed by atoms with Crippen molar-refractivity contribution in [2.45, 2.75) is 24.4 Å². The monoisotopic (exact) mass is 543 g/mol. The lowest BCUT2D eigenvalue weighted by molar-refractivity contribution is -0.127. The predicted molar refractivity (Wildman–Crippen MR) is 131 cm³/mol. The molecule has 3 aliphatic rings. The third-order valence-corrected chi connectivity index (χ3v) is 8.82. The largest absolute Gasteiger partial charge is 0.324 e. The molecule has 0 saturated carbocycles. The number of amides is 1. The SMILES string of the molecule is Cc1n[nH]nc1C(=O)[C@H]1[C@H](c2cccc(Br)c2)C2CSCN2[C@]12C(=O)Nc1cc(Cl)ccc12. The molecule has 4 heterocycles. The fourth-order valence-electron chi connectivity index (χ4n) is 5.81. The highest BCUT2D eigenvalue weighted by molar-refractivity contribution is 9.10. The maximum atomic E-state index is 14.2. The van der Waals surface area contributed by atoms with Crippen molar-refractivity contribution in [3.63, 3.8) is 0 Å². The van der Waals surface area contributed by atoms with E-state index in [2.05, 4.69) is 47.6 Å². The van der Waals surface area contributed by atoms with Gasteiger partial charge in [0.15, 0.2) is 11.5 Å². The number of rotatable bonds is 3. The number of ketones is 1. The molecule has 1 amide bonds. The first kappa shape index (κ1) is 21.3. The third kappa shape index (κ3) is 2.92. The lowest BCUT2D eigenvalue weighted by Crippen LogP contribution is -2.52. The van der Waals surface area contributed by atoms with Gasteiger partial charge in [-0.05, 0) is 36.8 Å². The first-order valence-corrected chi connectivity index (χ1v) is 12.9. The quantitative estimate of drug-likeness (QED) is 0.477. The van der Waals surface area contributed by atoms with Crippen LogP contribution in [0.25, 0.3) is 0 Å². The Balaban J connectivity index is 1.64. The first-order valence-electron chi connectivity index (χ1n) is 10.6. The van der Waals surface area contributed by atoms with E-state index in [1.54, 1.807) is 30.8 Å². The summed E-state index contributed by atoms with van der Waals surface area (Å²) in [4.78, 5) is 30.4. The average molecular weight is 545 g/mol. The Morgan fingerprint density at radius 2 is 2.12 bits per heavy atom. The van der Waals surface area contributed by atoms with Gasteiger partial charge in [-0.1, -0.05) is 45.7 Å². The summed E-state index contributed by atoms with van der Waals surface area (Å²) < 4.78 is 0.935. The zero-order valence-electron chi connectivity index (χ0n) is 17.5. The average Bonchev–Trinajstić information content (AvgIpc) is 3.52. The molecule has 1 unspecified atom stereocenters. The predicted octanol–water partition coefficient (Wildman–Crippen LogP) is 4.35. The van der Waals surface area contributed by atoms with Gasteiger partial charge in [0.1, 0.15) is 5.54 Å².